The minimum atomic E-state index is -1.31. The molecule has 0 bridgehead atoms. The molecule has 0 unspecified atom stereocenters. The lowest BCUT2D eigenvalue weighted by Crippen LogP contribution is -2.29. The van der Waals surface area contributed by atoms with Crippen molar-refractivity contribution in [3.63, 3.8) is 0 Å². The number of carbonyl (C=O) groups excluding carboxylic acids is 1. The normalized spacial score (nSPS) is 10.6. The van der Waals surface area contributed by atoms with Gasteiger partial charge in [-0.15, -0.1) is 0 Å². The largest absolute Gasteiger partial charge is 0.546 e. The first-order valence-corrected chi connectivity index (χ1v) is 5.35. The number of hydrogen-bond acceptors (Lipinski definition) is 5. The van der Waals surface area contributed by atoms with Crippen molar-refractivity contribution >= 4 is 16.9 Å². The first-order valence-electron chi connectivity index (χ1n) is 5.35. The first kappa shape index (κ1) is 12.2. The highest BCUT2D eigenvalue weighted by Crippen LogP contribution is 2.29. The van der Waals surface area contributed by atoms with E-state index >= 15 is 0 Å². The number of aliphatic carboxylic acids is 1. The fourth-order valence-electron chi connectivity index (χ4n) is 1.83. The Morgan fingerprint density at radius 1 is 1.33 bits per heavy atom. The summed E-state index contributed by atoms with van der Waals surface area (Å²) < 4.78 is 10.2. The summed E-state index contributed by atoms with van der Waals surface area (Å²) in [5.41, 5.74) is 1.42. The molecule has 0 fully saturated rings. The second-order valence-electron chi connectivity index (χ2n) is 4.05. The van der Waals surface area contributed by atoms with Gasteiger partial charge in [-0.05, 0) is 37.1 Å². The summed E-state index contributed by atoms with van der Waals surface area (Å²) in [5.74, 6) is -0.935. The van der Waals surface area contributed by atoms with Crippen LogP contribution in [0.25, 0.3) is 11.0 Å². The van der Waals surface area contributed by atoms with E-state index in [0.717, 1.165) is 5.56 Å². The van der Waals surface area contributed by atoms with E-state index in [-0.39, 0.29) is 0 Å². The van der Waals surface area contributed by atoms with Crippen LogP contribution in [0.2, 0.25) is 0 Å². The molecule has 0 atom stereocenters. The summed E-state index contributed by atoms with van der Waals surface area (Å²) in [6.07, 6.45) is 0. The Bertz CT molecular complexity index is 669. The molecule has 0 saturated heterocycles. The van der Waals surface area contributed by atoms with Crippen LogP contribution in [0.4, 0.5) is 0 Å². The van der Waals surface area contributed by atoms with E-state index in [1.165, 1.54) is 6.07 Å². The minimum absolute atomic E-state index is 0.371. The molecule has 0 N–H and O–H groups in total. The molecule has 5 nitrogen and oxygen atoms in total. The lowest BCUT2D eigenvalue weighted by Gasteiger charge is -2.11. The molecule has 2 rings (SSSR count). The van der Waals surface area contributed by atoms with Crippen LogP contribution < -0.4 is 15.5 Å². The van der Waals surface area contributed by atoms with Gasteiger partial charge in [-0.2, -0.15) is 0 Å². The van der Waals surface area contributed by atoms with Crippen molar-refractivity contribution in [2.75, 3.05) is 6.61 Å². The number of fused-ring (bicyclic) bond motifs is 1. The average molecular weight is 247 g/mol. The Balaban J connectivity index is 2.64. The molecule has 0 aliphatic rings. The lowest BCUT2D eigenvalue weighted by atomic mass is 10.1. The molecule has 0 amide bonds. The minimum Gasteiger partial charge on any atom is -0.546 e. The Morgan fingerprint density at radius 2 is 2.06 bits per heavy atom. The maximum Gasteiger partial charge on any atom is 0.336 e. The summed E-state index contributed by atoms with van der Waals surface area (Å²) in [5, 5.41) is 11.0. The van der Waals surface area contributed by atoms with Crippen molar-refractivity contribution in [3.05, 3.63) is 39.7 Å². The van der Waals surface area contributed by atoms with Gasteiger partial charge >= 0.3 is 5.63 Å². The first-order chi connectivity index (χ1) is 8.47. The summed E-state index contributed by atoms with van der Waals surface area (Å²) in [6.45, 7) is 2.99. The Hall–Kier alpha value is -2.30. The SMILES string of the molecule is Cc1cc(OCC(=O)[O-])c2c(C)cc(=O)oc2c1. The second-order valence-corrected chi connectivity index (χ2v) is 4.05. The smallest absolute Gasteiger partial charge is 0.336 e. The molecule has 0 radical (unpaired) electrons. The molecule has 0 saturated carbocycles. The van der Waals surface area contributed by atoms with Crippen LogP contribution in [0.1, 0.15) is 11.1 Å². The van der Waals surface area contributed by atoms with Crippen molar-refractivity contribution < 1.29 is 19.1 Å². The van der Waals surface area contributed by atoms with Crippen LogP contribution >= 0.6 is 0 Å². The lowest BCUT2D eigenvalue weighted by molar-refractivity contribution is -0.307. The van der Waals surface area contributed by atoms with E-state index in [0.29, 0.717) is 22.3 Å². The van der Waals surface area contributed by atoms with Crippen LogP contribution in [-0.4, -0.2) is 12.6 Å². The van der Waals surface area contributed by atoms with Gasteiger partial charge in [0.2, 0.25) is 0 Å². The molecule has 5 heteroatoms. The van der Waals surface area contributed by atoms with E-state index in [1.807, 2.05) is 0 Å². The molecule has 0 aliphatic carbocycles. The number of ether oxygens (including phenoxy) is 1. The van der Waals surface area contributed by atoms with Crippen molar-refractivity contribution in [3.8, 4) is 5.75 Å². The van der Waals surface area contributed by atoms with Gasteiger partial charge < -0.3 is 19.1 Å². The third-order valence-corrected chi connectivity index (χ3v) is 2.50. The molecule has 1 aromatic heterocycles. The van der Waals surface area contributed by atoms with Crippen LogP contribution in [0.5, 0.6) is 5.75 Å². The molecule has 0 spiro atoms. The molecule has 0 aliphatic heterocycles. The molecular formula is C13H11O5-. The highest BCUT2D eigenvalue weighted by Gasteiger charge is 2.10. The number of benzene rings is 1. The summed E-state index contributed by atoms with van der Waals surface area (Å²) in [4.78, 5) is 21.7. The van der Waals surface area contributed by atoms with Crippen LogP contribution in [-0.2, 0) is 4.79 Å². The number of carboxylic acid groups (broad SMARTS) is 1. The highest BCUT2D eigenvalue weighted by atomic mass is 16.5. The quantitative estimate of drug-likeness (QED) is 0.739. The topological polar surface area (TPSA) is 79.6 Å². The van der Waals surface area contributed by atoms with E-state index < -0.39 is 18.2 Å². The Morgan fingerprint density at radius 3 is 2.72 bits per heavy atom. The van der Waals surface area contributed by atoms with Crippen molar-refractivity contribution in [1.29, 1.82) is 0 Å². The second kappa shape index (κ2) is 4.52. The molecular weight excluding hydrogens is 236 g/mol. The van der Waals surface area contributed by atoms with E-state index in [4.69, 9.17) is 9.15 Å². The zero-order chi connectivity index (χ0) is 13.3. The third-order valence-electron chi connectivity index (χ3n) is 2.50. The zero-order valence-electron chi connectivity index (χ0n) is 9.98. The predicted molar refractivity (Wildman–Crippen MR) is 62.5 cm³/mol. The number of rotatable bonds is 3. The summed E-state index contributed by atoms with van der Waals surface area (Å²) in [6, 6.07) is 4.73. The summed E-state index contributed by atoms with van der Waals surface area (Å²) in [7, 11) is 0. The zero-order valence-corrected chi connectivity index (χ0v) is 9.98. The number of carboxylic acids is 1. The van der Waals surface area contributed by atoms with Crippen molar-refractivity contribution in [1.82, 2.24) is 0 Å². The monoisotopic (exact) mass is 247 g/mol. The van der Waals surface area contributed by atoms with Crippen LogP contribution in [0.3, 0.4) is 0 Å². The fourth-order valence-corrected chi connectivity index (χ4v) is 1.83. The maximum atomic E-state index is 11.3. The Labute approximate surface area is 103 Å². The van der Waals surface area contributed by atoms with Crippen molar-refractivity contribution in [2.45, 2.75) is 13.8 Å². The molecule has 1 heterocycles. The number of aryl methyl sites for hydroxylation is 2. The number of carbonyl (C=O) groups is 1. The van der Waals surface area contributed by atoms with E-state index in [1.54, 1.807) is 26.0 Å². The average Bonchev–Trinajstić information content (AvgIpc) is 2.24. The Kier molecular flexibility index (Phi) is 3.06. The molecule has 2 aromatic rings. The number of hydrogen-bond donors (Lipinski definition) is 0. The van der Waals surface area contributed by atoms with Gasteiger partial charge in [0.25, 0.3) is 0 Å². The molecule has 1 aromatic carbocycles. The van der Waals surface area contributed by atoms with Gasteiger partial charge in [-0.1, -0.05) is 0 Å². The predicted octanol–water partition coefficient (Wildman–Crippen LogP) is 0.539. The van der Waals surface area contributed by atoms with Crippen LogP contribution in [0.15, 0.2) is 27.4 Å². The van der Waals surface area contributed by atoms with Gasteiger partial charge in [-0.3, -0.25) is 0 Å². The summed E-state index contributed by atoms with van der Waals surface area (Å²) >= 11 is 0. The molecule has 18 heavy (non-hydrogen) atoms. The molecule has 94 valence electrons. The maximum absolute atomic E-state index is 11.3. The van der Waals surface area contributed by atoms with E-state index in [9.17, 15) is 14.7 Å². The highest BCUT2D eigenvalue weighted by molar-refractivity contribution is 5.87. The van der Waals surface area contributed by atoms with Gasteiger partial charge in [0.05, 0.1) is 11.4 Å². The van der Waals surface area contributed by atoms with Gasteiger partial charge in [-0.25, -0.2) is 4.79 Å². The van der Waals surface area contributed by atoms with Crippen molar-refractivity contribution in [2.24, 2.45) is 0 Å². The van der Waals surface area contributed by atoms with Gasteiger partial charge in [0.1, 0.15) is 17.9 Å². The van der Waals surface area contributed by atoms with Gasteiger partial charge in [0.15, 0.2) is 0 Å². The van der Waals surface area contributed by atoms with Crippen LogP contribution in [0, 0.1) is 13.8 Å². The third kappa shape index (κ3) is 2.34. The standard InChI is InChI=1S/C13H12O5/c1-7-3-9(17-6-11(14)15)13-8(2)5-12(16)18-10(13)4-7/h3-5H,6H2,1-2H3,(H,14,15)/p-1. The fraction of sp³-hybridized carbons (Fsp3) is 0.231. The van der Waals surface area contributed by atoms with E-state index in [2.05, 4.69) is 0 Å². The van der Waals surface area contributed by atoms with Gasteiger partial charge in [0, 0.05) is 6.07 Å².